The third kappa shape index (κ3) is 2.20. The molecule has 0 aliphatic carbocycles. The van der Waals surface area contributed by atoms with E-state index in [0.717, 1.165) is 23.4 Å². The van der Waals surface area contributed by atoms with Crippen LogP contribution in [-0.2, 0) is 9.31 Å². The lowest BCUT2D eigenvalue weighted by Gasteiger charge is -2.38. The molecule has 1 fully saturated rings. The van der Waals surface area contributed by atoms with E-state index in [1.54, 1.807) is 0 Å². The summed E-state index contributed by atoms with van der Waals surface area (Å²) in [6.07, 6.45) is 1.08. The van der Waals surface area contributed by atoms with Crippen molar-refractivity contribution < 1.29 is 18.8 Å². The Morgan fingerprint density at radius 3 is 2.78 bits per heavy atom. The first-order valence-electron chi connectivity index (χ1n) is 6.26. The molecule has 1 saturated heterocycles. The van der Waals surface area contributed by atoms with E-state index in [4.69, 9.17) is 18.8 Å². The lowest BCUT2D eigenvalue weighted by Crippen LogP contribution is -2.51. The minimum atomic E-state index is -0.335. The molecule has 0 radical (unpaired) electrons. The van der Waals surface area contributed by atoms with E-state index in [1.807, 2.05) is 18.2 Å². The van der Waals surface area contributed by atoms with E-state index >= 15 is 0 Å². The molecule has 1 aromatic carbocycles. The fourth-order valence-corrected chi connectivity index (χ4v) is 2.52. The van der Waals surface area contributed by atoms with E-state index in [0.29, 0.717) is 0 Å². The second kappa shape index (κ2) is 4.18. The summed E-state index contributed by atoms with van der Waals surface area (Å²) in [6, 6.07) is 5.80. The van der Waals surface area contributed by atoms with Gasteiger partial charge in [-0.3, -0.25) is 0 Å². The van der Waals surface area contributed by atoms with Gasteiger partial charge in [-0.2, -0.15) is 0 Å². The van der Waals surface area contributed by atoms with Crippen LogP contribution in [0.1, 0.15) is 27.2 Å². The van der Waals surface area contributed by atoms with Crippen LogP contribution >= 0.6 is 0 Å². The van der Waals surface area contributed by atoms with Crippen molar-refractivity contribution >= 4 is 12.6 Å². The highest BCUT2D eigenvalue weighted by molar-refractivity contribution is 6.61. The van der Waals surface area contributed by atoms with Gasteiger partial charge in [-0.15, -0.1) is 0 Å². The average Bonchev–Trinajstić information content (AvgIpc) is 2.72. The zero-order valence-corrected chi connectivity index (χ0v) is 10.9. The van der Waals surface area contributed by atoms with Gasteiger partial charge in [0.2, 0.25) is 6.79 Å². The topological polar surface area (TPSA) is 36.9 Å². The van der Waals surface area contributed by atoms with Crippen molar-refractivity contribution in [3.05, 3.63) is 18.2 Å². The molecule has 0 amide bonds. The number of ether oxygens (including phenoxy) is 2. The van der Waals surface area contributed by atoms with Crippen molar-refractivity contribution in [2.24, 2.45) is 0 Å². The zero-order valence-electron chi connectivity index (χ0n) is 10.9. The standard InChI is InChI=1S/C13H17BO4/c1-9-7-13(2,3)18-14(17-9)10-4-5-11-12(6-10)16-8-15-11/h4-6,9H,7-8H2,1-3H3. The minimum Gasteiger partial charge on any atom is -0.454 e. The quantitative estimate of drug-likeness (QED) is 0.709. The second-order valence-corrected chi connectivity index (χ2v) is 5.47. The van der Waals surface area contributed by atoms with Gasteiger partial charge in [0.05, 0.1) is 5.60 Å². The molecule has 1 aromatic rings. The van der Waals surface area contributed by atoms with Crippen LogP contribution in [0.25, 0.3) is 0 Å². The Morgan fingerprint density at radius 1 is 1.22 bits per heavy atom. The van der Waals surface area contributed by atoms with Crippen LogP contribution in [-0.4, -0.2) is 25.6 Å². The molecule has 0 saturated carbocycles. The van der Waals surface area contributed by atoms with Crippen LogP contribution in [0.4, 0.5) is 0 Å². The third-order valence-electron chi connectivity index (χ3n) is 3.23. The molecule has 1 atom stereocenters. The van der Waals surface area contributed by atoms with Crippen LogP contribution in [0.2, 0.25) is 0 Å². The summed E-state index contributed by atoms with van der Waals surface area (Å²) in [5.74, 6) is 1.54. The van der Waals surface area contributed by atoms with Crippen LogP contribution in [0.5, 0.6) is 11.5 Å². The minimum absolute atomic E-state index is 0.168. The van der Waals surface area contributed by atoms with Crippen LogP contribution < -0.4 is 14.9 Å². The molecule has 5 heteroatoms. The highest BCUT2D eigenvalue weighted by atomic mass is 16.7. The molecule has 0 bridgehead atoms. The predicted octanol–water partition coefficient (Wildman–Crippen LogP) is 1.71. The Balaban J connectivity index is 1.86. The molecule has 2 aliphatic rings. The predicted molar refractivity (Wildman–Crippen MR) is 68.3 cm³/mol. The maximum Gasteiger partial charge on any atom is 0.494 e. The van der Waals surface area contributed by atoms with Crippen molar-refractivity contribution in [3.63, 3.8) is 0 Å². The van der Waals surface area contributed by atoms with Gasteiger partial charge in [-0.05, 0) is 44.8 Å². The zero-order chi connectivity index (χ0) is 12.8. The average molecular weight is 248 g/mol. The lowest BCUT2D eigenvalue weighted by atomic mass is 9.75. The molecule has 4 nitrogen and oxygen atoms in total. The van der Waals surface area contributed by atoms with Crippen molar-refractivity contribution in [3.8, 4) is 11.5 Å². The fourth-order valence-electron chi connectivity index (χ4n) is 2.52. The first-order chi connectivity index (χ1) is 8.53. The summed E-state index contributed by atoms with van der Waals surface area (Å²) < 4.78 is 22.5. The number of fused-ring (bicyclic) bond motifs is 1. The third-order valence-corrected chi connectivity index (χ3v) is 3.23. The summed E-state index contributed by atoms with van der Waals surface area (Å²) in [7, 11) is -0.335. The van der Waals surface area contributed by atoms with Crippen LogP contribution in [0.15, 0.2) is 18.2 Å². The summed E-state index contributed by atoms with van der Waals surface area (Å²) in [6.45, 7) is 6.54. The van der Waals surface area contributed by atoms with E-state index in [9.17, 15) is 0 Å². The molecule has 1 unspecified atom stereocenters. The summed E-state index contributed by atoms with van der Waals surface area (Å²) >= 11 is 0. The molecule has 0 spiro atoms. The van der Waals surface area contributed by atoms with E-state index in [1.165, 1.54) is 0 Å². The number of rotatable bonds is 1. The number of hydrogen-bond acceptors (Lipinski definition) is 4. The molecule has 3 rings (SSSR count). The largest absolute Gasteiger partial charge is 0.494 e. The van der Waals surface area contributed by atoms with E-state index < -0.39 is 0 Å². The van der Waals surface area contributed by atoms with Crippen molar-refractivity contribution in [1.82, 2.24) is 0 Å². The maximum atomic E-state index is 5.97. The molecule has 2 heterocycles. The van der Waals surface area contributed by atoms with Gasteiger partial charge in [0.1, 0.15) is 0 Å². The van der Waals surface area contributed by atoms with Gasteiger partial charge in [0.25, 0.3) is 0 Å². The first kappa shape index (κ1) is 11.9. The first-order valence-corrected chi connectivity index (χ1v) is 6.26. The SMILES string of the molecule is CC1CC(C)(C)OB(c2ccc3c(c2)OCO3)O1. The van der Waals surface area contributed by atoms with E-state index in [2.05, 4.69) is 20.8 Å². The van der Waals surface area contributed by atoms with Crippen molar-refractivity contribution in [2.45, 2.75) is 38.9 Å². The Morgan fingerprint density at radius 2 is 2.00 bits per heavy atom. The summed E-state index contributed by atoms with van der Waals surface area (Å²) in [5.41, 5.74) is 0.803. The highest BCUT2D eigenvalue weighted by Gasteiger charge is 2.38. The Bertz CT molecular complexity index is 460. The normalized spacial score (nSPS) is 25.3. The number of benzene rings is 1. The molecular formula is C13H17BO4. The molecule has 96 valence electrons. The van der Waals surface area contributed by atoms with Gasteiger partial charge in [-0.25, -0.2) is 0 Å². The van der Waals surface area contributed by atoms with Gasteiger partial charge in [-0.1, -0.05) is 6.07 Å². The van der Waals surface area contributed by atoms with E-state index in [-0.39, 0.29) is 25.6 Å². The lowest BCUT2D eigenvalue weighted by molar-refractivity contribution is -0.0229. The van der Waals surface area contributed by atoms with Gasteiger partial charge in [0.15, 0.2) is 11.5 Å². The monoisotopic (exact) mass is 248 g/mol. The Hall–Kier alpha value is -1.20. The van der Waals surface area contributed by atoms with Crippen LogP contribution in [0.3, 0.4) is 0 Å². The summed E-state index contributed by atoms with van der Waals surface area (Å²) in [4.78, 5) is 0. The molecular weight excluding hydrogens is 231 g/mol. The van der Waals surface area contributed by atoms with Gasteiger partial charge in [0, 0.05) is 6.10 Å². The summed E-state index contributed by atoms with van der Waals surface area (Å²) in [5, 5.41) is 0. The highest BCUT2D eigenvalue weighted by Crippen LogP contribution is 2.31. The maximum absolute atomic E-state index is 5.97. The van der Waals surface area contributed by atoms with Crippen LogP contribution in [0, 0.1) is 0 Å². The van der Waals surface area contributed by atoms with Gasteiger partial charge >= 0.3 is 7.12 Å². The number of hydrogen-bond donors (Lipinski definition) is 0. The van der Waals surface area contributed by atoms with Crippen molar-refractivity contribution in [2.75, 3.05) is 6.79 Å². The van der Waals surface area contributed by atoms with Crippen molar-refractivity contribution in [1.29, 1.82) is 0 Å². The molecule has 0 N–H and O–H groups in total. The molecule has 18 heavy (non-hydrogen) atoms. The van der Waals surface area contributed by atoms with Gasteiger partial charge < -0.3 is 18.8 Å². The Labute approximate surface area is 107 Å². The fraction of sp³-hybridized carbons (Fsp3) is 0.538. The second-order valence-electron chi connectivity index (χ2n) is 5.47. The smallest absolute Gasteiger partial charge is 0.454 e. The Kier molecular flexibility index (Phi) is 2.75. The molecule has 0 aromatic heterocycles. The molecule has 2 aliphatic heterocycles.